The van der Waals surface area contributed by atoms with E-state index in [2.05, 4.69) is 60.5 Å². The van der Waals surface area contributed by atoms with Gasteiger partial charge in [-0.25, -0.2) is 0 Å². The van der Waals surface area contributed by atoms with Crippen molar-refractivity contribution in [3.05, 3.63) is 31.9 Å². The van der Waals surface area contributed by atoms with E-state index in [1.54, 1.807) is 6.20 Å². The number of hydrogen-bond acceptors (Lipinski definition) is 2. The first-order chi connectivity index (χ1) is 7.72. The smallest absolute Gasteiger partial charge is 0.0623 e. The summed E-state index contributed by atoms with van der Waals surface area (Å²) in [6.45, 7) is 0.923. The van der Waals surface area contributed by atoms with Gasteiger partial charge in [0.2, 0.25) is 0 Å². The molecule has 2 aromatic heterocycles. The van der Waals surface area contributed by atoms with Crippen LogP contribution in [0.4, 0.5) is 0 Å². The molecule has 0 aliphatic carbocycles. The summed E-state index contributed by atoms with van der Waals surface area (Å²) in [4.78, 5) is 0. The minimum absolute atomic E-state index is 0.705. The van der Waals surface area contributed by atoms with E-state index in [-0.39, 0.29) is 0 Å². The standard InChI is InChI=1S/C6H8ClIN2.C3H3IN2/c7-2-1-3-10-5-6(8)4-9-10;4-3-1-5-6-2-3/h4-5H,1-3H2;1-2H,(H,5,6). The van der Waals surface area contributed by atoms with Crippen LogP contribution in [0, 0.1) is 7.14 Å². The first-order valence-corrected chi connectivity index (χ1v) is 7.30. The van der Waals surface area contributed by atoms with E-state index < -0.39 is 0 Å². The van der Waals surface area contributed by atoms with Crippen LogP contribution in [0.15, 0.2) is 24.8 Å². The van der Waals surface area contributed by atoms with E-state index in [0.29, 0.717) is 5.88 Å². The molecule has 0 unspecified atom stereocenters. The Morgan fingerprint density at radius 1 is 1.31 bits per heavy atom. The first kappa shape index (κ1) is 14.2. The third-order valence-corrected chi connectivity index (χ3v) is 3.00. The van der Waals surface area contributed by atoms with Gasteiger partial charge in [-0.05, 0) is 51.6 Å². The fraction of sp³-hybridized carbons (Fsp3) is 0.333. The molecule has 2 rings (SSSR count). The van der Waals surface area contributed by atoms with Gasteiger partial charge in [0.1, 0.15) is 0 Å². The molecule has 2 aromatic rings. The number of rotatable bonds is 3. The first-order valence-electron chi connectivity index (χ1n) is 4.60. The van der Waals surface area contributed by atoms with Crippen molar-refractivity contribution in [2.24, 2.45) is 0 Å². The van der Waals surface area contributed by atoms with Gasteiger partial charge in [-0.15, -0.1) is 11.6 Å². The Balaban J connectivity index is 0.000000181. The minimum Gasteiger partial charge on any atom is -0.285 e. The van der Waals surface area contributed by atoms with Crippen LogP contribution >= 0.6 is 56.8 Å². The van der Waals surface area contributed by atoms with Crippen molar-refractivity contribution >= 4 is 56.8 Å². The molecular formula is C9H11ClI2N4. The zero-order valence-electron chi connectivity index (χ0n) is 8.41. The lowest BCUT2D eigenvalue weighted by molar-refractivity contribution is 0.605. The van der Waals surface area contributed by atoms with Gasteiger partial charge in [-0.3, -0.25) is 9.78 Å². The summed E-state index contributed by atoms with van der Waals surface area (Å²) in [5, 5.41) is 10.5. The monoisotopic (exact) mass is 464 g/mol. The number of alkyl halides is 1. The van der Waals surface area contributed by atoms with Gasteiger partial charge in [0.05, 0.1) is 19.5 Å². The highest BCUT2D eigenvalue weighted by Gasteiger charge is 1.92. The van der Waals surface area contributed by atoms with Gasteiger partial charge in [0, 0.05) is 24.8 Å². The summed E-state index contributed by atoms with van der Waals surface area (Å²) in [7, 11) is 0. The Hall–Kier alpha value is 0.170. The maximum Gasteiger partial charge on any atom is 0.0623 e. The Kier molecular flexibility index (Phi) is 7.37. The molecule has 0 aliphatic rings. The lowest BCUT2D eigenvalue weighted by atomic mass is 10.5. The molecule has 88 valence electrons. The Labute approximate surface area is 126 Å². The highest BCUT2D eigenvalue weighted by molar-refractivity contribution is 14.1. The van der Waals surface area contributed by atoms with Crippen molar-refractivity contribution in [3.63, 3.8) is 0 Å². The molecule has 0 saturated carbocycles. The molecule has 0 saturated heterocycles. The SMILES string of the molecule is ClCCCn1cc(I)cn1.Ic1cn[nH]c1. The second-order valence-corrected chi connectivity index (χ2v) is 5.75. The number of aromatic nitrogens is 4. The number of H-pyrrole nitrogens is 1. The molecule has 2 heterocycles. The van der Waals surface area contributed by atoms with E-state index in [0.717, 1.165) is 16.5 Å². The molecule has 16 heavy (non-hydrogen) atoms. The average molecular weight is 464 g/mol. The van der Waals surface area contributed by atoms with Crippen LogP contribution in [0.1, 0.15) is 6.42 Å². The lowest BCUT2D eigenvalue weighted by Crippen LogP contribution is -1.97. The van der Waals surface area contributed by atoms with Gasteiger partial charge in [-0.1, -0.05) is 0 Å². The third kappa shape index (κ3) is 6.04. The largest absolute Gasteiger partial charge is 0.285 e. The molecule has 0 spiro atoms. The summed E-state index contributed by atoms with van der Waals surface area (Å²) in [5.41, 5.74) is 0. The normalized spacial score (nSPS) is 9.69. The molecule has 0 fully saturated rings. The second-order valence-electron chi connectivity index (χ2n) is 2.88. The van der Waals surface area contributed by atoms with Crippen LogP contribution in [0.5, 0.6) is 0 Å². The van der Waals surface area contributed by atoms with Gasteiger partial charge < -0.3 is 0 Å². The quantitative estimate of drug-likeness (QED) is 0.561. The molecule has 7 heteroatoms. The van der Waals surface area contributed by atoms with E-state index in [1.807, 2.05) is 23.3 Å². The summed E-state index contributed by atoms with van der Waals surface area (Å²) >= 11 is 9.93. The van der Waals surface area contributed by atoms with Crippen LogP contribution in [-0.4, -0.2) is 25.9 Å². The van der Waals surface area contributed by atoms with E-state index in [1.165, 1.54) is 3.57 Å². The number of nitrogens with one attached hydrogen (secondary N) is 1. The Bertz CT molecular complexity index is 388. The fourth-order valence-corrected chi connectivity index (χ4v) is 1.76. The second kappa shape index (κ2) is 8.29. The van der Waals surface area contributed by atoms with E-state index in [4.69, 9.17) is 11.6 Å². The summed E-state index contributed by atoms with van der Waals surface area (Å²) in [5.74, 6) is 0.705. The maximum atomic E-state index is 5.52. The summed E-state index contributed by atoms with van der Waals surface area (Å²) in [6, 6.07) is 0. The molecule has 1 N–H and O–H groups in total. The predicted octanol–water partition coefficient (Wildman–Crippen LogP) is 3.13. The number of nitrogens with zero attached hydrogens (tertiary/aromatic N) is 3. The van der Waals surface area contributed by atoms with Crippen LogP contribution in [0.25, 0.3) is 0 Å². The van der Waals surface area contributed by atoms with E-state index in [9.17, 15) is 0 Å². The Morgan fingerprint density at radius 2 is 2.12 bits per heavy atom. The van der Waals surface area contributed by atoms with Gasteiger partial charge in [-0.2, -0.15) is 10.2 Å². The average Bonchev–Trinajstić information content (AvgIpc) is 2.88. The van der Waals surface area contributed by atoms with Crippen molar-refractivity contribution in [2.75, 3.05) is 5.88 Å². The number of hydrogen-bond donors (Lipinski definition) is 1. The summed E-state index contributed by atoms with van der Waals surface area (Å²) < 4.78 is 4.23. The van der Waals surface area contributed by atoms with Crippen molar-refractivity contribution in [1.29, 1.82) is 0 Å². The number of aromatic amines is 1. The van der Waals surface area contributed by atoms with Crippen molar-refractivity contribution in [1.82, 2.24) is 20.0 Å². The molecular weight excluding hydrogens is 453 g/mol. The molecule has 4 nitrogen and oxygen atoms in total. The van der Waals surface area contributed by atoms with Crippen LogP contribution in [-0.2, 0) is 6.54 Å². The summed E-state index contributed by atoms with van der Waals surface area (Å²) in [6.07, 6.45) is 8.43. The highest BCUT2D eigenvalue weighted by Crippen LogP contribution is 2.01. The zero-order chi connectivity index (χ0) is 11.8. The Morgan fingerprint density at radius 3 is 2.50 bits per heavy atom. The van der Waals surface area contributed by atoms with Crippen LogP contribution in [0.2, 0.25) is 0 Å². The molecule has 0 aliphatic heterocycles. The topological polar surface area (TPSA) is 46.5 Å². The van der Waals surface area contributed by atoms with Crippen LogP contribution < -0.4 is 0 Å². The van der Waals surface area contributed by atoms with Gasteiger partial charge in [0.15, 0.2) is 0 Å². The number of aryl methyl sites for hydroxylation is 1. The number of halogens is 3. The van der Waals surface area contributed by atoms with Gasteiger partial charge >= 0.3 is 0 Å². The van der Waals surface area contributed by atoms with Gasteiger partial charge in [0.25, 0.3) is 0 Å². The molecule has 0 bridgehead atoms. The molecule has 0 radical (unpaired) electrons. The van der Waals surface area contributed by atoms with E-state index >= 15 is 0 Å². The van der Waals surface area contributed by atoms with Crippen LogP contribution in [0.3, 0.4) is 0 Å². The molecule has 0 aromatic carbocycles. The van der Waals surface area contributed by atoms with Crippen molar-refractivity contribution in [2.45, 2.75) is 13.0 Å². The minimum atomic E-state index is 0.705. The third-order valence-electron chi connectivity index (χ3n) is 1.59. The zero-order valence-corrected chi connectivity index (χ0v) is 13.5. The predicted molar refractivity (Wildman–Crippen MR) is 81.6 cm³/mol. The van der Waals surface area contributed by atoms with Crippen molar-refractivity contribution < 1.29 is 0 Å². The highest BCUT2D eigenvalue weighted by atomic mass is 127. The van der Waals surface area contributed by atoms with Crippen molar-refractivity contribution in [3.8, 4) is 0 Å². The maximum absolute atomic E-state index is 5.52. The lowest BCUT2D eigenvalue weighted by Gasteiger charge is -1.95. The fourth-order valence-electron chi connectivity index (χ4n) is 0.918. The molecule has 0 amide bonds. The molecule has 0 atom stereocenters.